The lowest BCUT2D eigenvalue weighted by Gasteiger charge is -2.05. The number of aromatic nitrogens is 1. The van der Waals surface area contributed by atoms with Crippen molar-refractivity contribution >= 4 is 25.8 Å². The van der Waals surface area contributed by atoms with Crippen molar-refractivity contribution in [2.24, 2.45) is 0 Å². The lowest BCUT2D eigenvalue weighted by molar-refractivity contribution is 0.339. The summed E-state index contributed by atoms with van der Waals surface area (Å²) < 4.78 is 28.2. The third kappa shape index (κ3) is 4.61. The van der Waals surface area contributed by atoms with Gasteiger partial charge in [-0.1, -0.05) is 6.92 Å². The summed E-state index contributed by atoms with van der Waals surface area (Å²) in [7, 11) is -2.95. The number of hydrogen-bond acceptors (Lipinski definition) is 4. The van der Waals surface area contributed by atoms with Crippen LogP contribution in [0.4, 0.5) is 0 Å². The van der Waals surface area contributed by atoms with Crippen molar-refractivity contribution in [1.82, 2.24) is 4.98 Å². The molecule has 0 atom stereocenters. The van der Waals surface area contributed by atoms with Crippen LogP contribution in [-0.4, -0.2) is 31.5 Å². The third-order valence-electron chi connectivity index (χ3n) is 1.80. The van der Waals surface area contributed by atoms with Crippen LogP contribution < -0.4 is 4.74 Å². The molecule has 1 rings (SSSR count). The molecule has 0 unspecified atom stereocenters. The second-order valence-electron chi connectivity index (χ2n) is 2.90. The van der Waals surface area contributed by atoms with E-state index in [4.69, 9.17) is 4.74 Å². The summed E-state index contributed by atoms with van der Waals surface area (Å²) in [6, 6.07) is 3.47. The minimum atomic E-state index is -2.95. The Kier molecular flexibility index (Phi) is 4.53. The van der Waals surface area contributed by atoms with Crippen molar-refractivity contribution in [3.8, 4) is 5.75 Å². The molecule has 0 saturated carbocycles. The van der Waals surface area contributed by atoms with E-state index in [1.807, 2.05) is 0 Å². The van der Waals surface area contributed by atoms with Crippen molar-refractivity contribution in [3.05, 3.63) is 22.9 Å². The lowest BCUT2D eigenvalue weighted by Crippen LogP contribution is -2.15. The fourth-order valence-corrected chi connectivity index (χ4v) is 1.74. The third-order valence-corrected chi connectivity index (χ3v) is 3.94. The van der Waals surface area contributed by atoms with Gasteiger partial charge >= 0.3 is 0 Å². The largest absolute Gasteiger partial charge is 0.491 e. The van der Waals surface area contributed by atoms with Gasteiger partial charge in [-0.15, -0.1) is 0 Å². The summed E-state index contributed by atoms with van der Waals surface area (Å²) in [5.74, 6) is 0.763. The summed E-state index contributed by atoms with van der Waals surface area (Å²) in [6.45, 7) is 1.79. The Morgan fingerprint density at radius 3 is 2.73 bits per heavy atom. The normalized spacial score (nSPS) is 11.3. The average molecular weight is 294 g/mol. The van der Waals surface area contributed by atoms with Gasteiger partial charge in [-0.05, 0) is 28.1 Å². The SMILES string of the molecule is CCS(=O)(=O)CCOc1ccc(Br)nc1. The molecule has 0 radical (unpaired) electrons. The van der Waals surface area contributed by atoms with Gasteiger partial charge in [-0.2, -0.15) is 0 Å². The molecule has 0 saturated heterocycles. The molecule has 0 aliphatic heterocycles. The number of sulfone groups is 1. The average Bonchev–Trinajstić information content (AvgIpc) is 2.21. The first-order valence-electron chi connectivity index (χ1n) is 4.48. The smallest absolute Gasteiger partial charge is 0.153 e. The van der Waals surface area contributed by atoms with Crippen molar-refractivity contribution in [2.45, 2.75) is 6.92 Å². The van der Waals surface area contributed by atoms with Crippen LogP contribution in [0.2, 0.25) is 0 Å². The minimum absolute atomic E-state index is 0.0412. The van der Waals surface area contributed by atoms with Crippen molar-refractivity contribution in [2.75, 3.05) is 18.1 Å². The highest BCUT2D eigenvalue weighted by Gasteiger charge is 2.07. The highest BCUT2D eigenvalue weighted by atomic mass is 79.9. The Balaban J connectivity index is 2.42. The standard InChI is InChI=1S/C9H12BrNO3S/c1-2-15(12,13)6-5-14-8-3-4-9(10)11-7-8/h3-4,7H,2,5-6H2,1H3. The molecule has 84 valence electrons. The van der Waals surface area contributed by atoms with Crippen molar-refractivity contribution in [1.29, 1.82) is 0 Å². The maximum absolute atomic E-state index is 11.1. The van der Waals surface area contributed by atoms with E-state index < -0.39 is 9.84 Å². The van der Waals surface area contributed by atoms with Crippen LogP contribution in [0.3, 0.4) is 0 Å². The molecule has 0 fully saturated rings. The Labute approximate surface area is 97.7 Å². The van der Waals surface area contributed by atoms with Gasteiger partial charge in [-0.3, -0.25) is 0 Å². The van der Waals surface area contributed by atoms with Crippen LogP contribution >= 0.6 is 15.9 Å². The molecule has 15 heavy (non-hydrogen) atoms. The minimum Gasteiger partial charge on any atom is -0.491 e. The molecule has 6 heteroatoms. The zero-order valence-corrected chi connectivity index (χ0v) is 10.7. The van der Waals surface area contributed by atoms with Crippen LogP contribution in [0, 0.1) is 0 Å². The molecule has 0 amide bonds. The molecule has 1 heterocycles. The summed E-state index contributed by atoms with van der Waals surface area (Å²) in [6.07, 6.45) is 1.54. The highest BCUT2D eigenvalue weighted by molar-refractivity contribution is 9.10. The molecule has 0 spiro atoms. The first-order chi connectivity index (χ1) is 7.03. The number of nitrogens with zero attached hydrogens (tertiary/aromatic N) is 1. The summed E-state index contributed by atoms with van der Waals surface area (Å²) in [5, 5.41) is 0. The number of ether oxygens (including phenoxy) is 1. The van der Waals surface area contributed by atoms with Gasteiger partial charge in [0.25, 0.3) is 0 Å². The summed E-state index contributed by atoms with van der Waals surface area (Å²) >= 11 is 3.19. The molecule has 0 aliphatic carbocycles. The molecular weight excluding hydrogens is 282 g/mol. The Morgan fingerprint density at radius 1 is 1.47 bits per heavy atom. The molecule has 0 aliphatic rings. The van der Waals surface area contributed by atoms with Gasteiger partial charge in [0, 0.05) is 5.75 Å². The molecule has 0 aromatic carbocycles. The van der Waals surface area contributed by atoms with Gasteiger partial charge in [0.15, 0.2) is 9.84 Å². The number of hydrogen-bond donors (Lipinski definition) is 0. The van der Waals surface area contributed by atoms with Crippen LogP contribution in [0.25, 0.3) is 0 Å². The van der Waals surface area contributed by atoms with Crippen LogP contribution in [-0.2, 0) is 9.84 Å². The van der Waals surface area contributed by atoms with E-state index in [2.05, 4.69) is 20.9 Å². The topological polar surface area (TPSA) is 56.3 Å². The van der Waals surface area contributed by atoms with E-state index in [-0.39, 0.29) is 18.1 Å². The Morgan fingerprint density at radius 2 is 2.20 bits per heavy atom. The molecule has 0 N–H and O–H groups in total. The fourth-order valence-electron chi connectivity index (χ4n) is 0.878. The summed E-state index contributed by atoms with van der Waals surface area (Å²) in [5.41, 5.74) is 0. The van der Waals surface area contributed by atoms with E-state index in [0.717, 1.165) is 4.60 Å². The Bertz CT molecular complexity index is 402. The molecule has 1 aromatic heterocycles. The molecule has 4 nitrogen and oxygen atoms in total. The fraction of sp³-hybridized carbons (Fsp3) is 0.444. The quantitative estimate of drug-likeness (QED) is 0.775. The zero-order valence-electron chi connectivity index (χ0n) is 8.31. The summed E-state index contributed by atoms with van der Waals surface area (Å²) in [4.78, 5) is 3.96. The van der Waals surface area contributed by atoms with E-state index in [0.29, 0.717) is 5.75 Å². The highest BCUT2D eigenvalue weighted by Crippen LogP contribution is 2.12. The lowest BCUT2D eigenvalue weighted by atomic mass is 10.5. The number of halogens is 1. The first kappa shape index (κ1) is 12.4. The van der Waals surface area contributed by atoms with Gasteiger partial charge in [0.2, 0.25) is 0 Å². The van der Waals surface area contributed by atoms with Crippen LogP contribution in [0.15, 0.2) is 22.9 Å². The second kappa shape index (κ2) is 5.46. The predicted molar refractivity (Wildman–Crippen MR) is 61.8 cm³/mol. The number of pyridine rings is 1. The monoisotopic (exact) mass is 293 g/mol. The first-order valence-corrected chi connectivity index (χ1v) is 7.10. The number of rotatable bonds is 5. The molecular formula is C9H12BrNO3S. The van der Waals surface area contributed by atoms with Crippen molar-refractivity contribution in [3.63, 3.8) is 0 Å². The van der Waals surface area contributed by atoms with Gasteiger partial charge in [0.1, 0.15) is 17.0 Å². The second-order valence-corrected chi connectivity index (χ2v) is 6.19. The maximum atomic E-state index is 11.1. The van der Waals surface area contributed by atoms with E-state index in [1.165, 1.54) is 0 Å². The van der Waals surface area contributed by atoms with E-state index >= 15 is 0 Å². The van der Waals surface area contributed by atoms with Crippen LogP contribution in [0.1, 0.15) is 6.92 Å². The van der Waals surface area contributed by atoms with E-state index in [1.54, 1.807) is 25.3 Å². The molecule has 0 bridgehead atoms. The van der Waals surface area contributed by atoms with Crippen molar-refractivity contribution < 1.29 is 13.2 Å². The van der Waals surface area contributed by atoms with Crippen LogP contribution in [0.5, 0.6) is 5.75 Å². The van der Waals surface area contributed by atoms with Gasteiger partial charge < -0.3 is 4.74 Å². The Hall–Kier alpha value is -0.620. The maximum Gasteiger partial charge on any atom is 0.153 e. The zero-order chi connectivity index (χ0) is 11.3. The molecule has 1 aromatic rings. The van der Waals surface area contributed by atoms with E-state index in [9.17, 15) is 8.42 Å². The van der Waals surface area contributed by atoms with Gasteiger partial charge in [0.05, 0.1) is 11.9 Å². The predicted octanol–water partition coefficient (Wildman–Crippen LogP) is 1.66. The van der Waals surface area contributed by atoms with Gasteiger partial charge in [-0.25, -0.2) is 13.4 Å².